The summed E-state index contributed by atoms with van der Waals surface area (Å²) in [5, 5.41) is 0. The Balaban J connectivity index is 3.14. The maximum atomic E-state index is 14.5. The van der Waals surface area contributed by atoms with Gasteiger partial charge in [0, 0.05) is 16.5 Å². The normalized spacial score (nSPS) is 11.9. The van der Waals surface area contributed by atoms with E-state index in [1.165, 1.54) is 0 Å². The third kappa shape index (κ3) is 3.69. The zero-order chi connectivity index (χ0) is 23.1. The summed E-state index contributed by atoms with van der Waals surface area (Å²) >= 11 is 17.2. The van der Waals surface area contributed by atoms with Crippen molar-refractivity contribution in [3.05, 3.63) is 58.2 Å². The molecule has 0 amide bonds. The van der Waals surface area contributed by atoms with Crippen LogP contribution in [0.1, 0.15) is 0 Å². The van der Waals surface area contributed by atoms with Crippen molar-refractivity contribution in [1.82, 2.24) is 0 Å². The second-order valence-electron chi connectivity index (χ2n) is 6.16. The molecule has 0 radical (unpaired) electrons. The van der Waals surface area contributed by atoms with E-state index >= 15 is 0 Å². The van der Waals surface area contributed by atoms with E-state index in [0.717, 1.165) is 0 Å². The summed E-state index contributed by atoms with van der Waals surface area (Å²) in [5.41, 5.74) is -6.05. The van der Waals surface area contributed by atoms with Gasteiger partial charge >= 0.3 is 0 Å². The van der Waals surface area contributed by atoms with Gasteiger partial charge in [-0.15, -0.1) is 34.8 Å². The summed E-state index contributed by atoms with van der Waals surface area (Å²) in [6.45, 7) is 0. The highest BCUT2D eigenvalue weighted by Gasteiger charge is 2.52. The highest BCUT2D eigenvalue weighted by atomic mass is 35.5. The molecular weight excluding hydrogens is 515 g/mol. The Labute approximate surface area is 178 Å². The van der Waals surface area contributed by atoms with Gasteiger partial charge in [0.05, 0.1) is 7.94 Å². The molecule has 0 fully saturated rings. The Kier molecular flexibility index (Phi) is 7.69. The summed E-state index contributed by atoms with van der Waals surface area (Å²) < 4.78 is 140. The van der Waals surface area contributed by atoms with Gasteiger partial charge in [-0.05, 0) is 10.9 Å². The average molecular weight is 521 g/mol. The SMILES string of the molecule is Fc1c(F)c(F)c(B(c2c(F)c(F)c(F)c(F)c2F)[Si](CCl)(CCl)CCl)c(F)c1F. The average Bonchev–Trinajstić information content (AvgIpc) is 2.75. The molecule has 0 unspecified atom stereocenters. The van der Waals surface area contributed by atoms with Crippen molar-refractivity contribution < 1.29 is 43.9 Å². The lowest BCUT2D eigenvalue weighted by molar-refractivity contribution is 0.382. The van der Waals surface area contributed by atoms with Crippen molar-refractivity contribution in [3.8, 4) is 0 Å². The van der Waals surface area contributed by atoms with E-state index in [2.05, 4.69) is 0 Å². The molecule has 0 heterocycles. The van der Waals surface area contributed by atoms with Crippen molar-refractivity contribution in [2.45, 2.75) is 0 Å². The Morgan fingerprint density at radius 1 is 0.433 bits per heavy atom. The van der Waals surface area contributed by atoms with Crippen LogP contribution in [0.25, 0.3) is 0 Å². The topological polar surface area (TPSA) is 0 Å². The van der Waals surface area contributed by atoms with E-state index in [4.69, 9.17) is 34.8 Å². The number of hydrogen-bond acceptors (Lipinski definition) is 0. The third-order valence-corrected chi connectivity index (χ3v) is 12.7. The van der Waals surface area contributed by atoms with Gasteiger partial charge in [0.15, 0.2) is 58.2 Å². The zero-order valence-electron chi connectivity index (χ0n) is 14.1. The molecule has 164 valence electrons. The minimum absolute atomic E-state index is 0.788. The highest BCUT2D eigenvalue weighted by molar-refractivity contribution is 7.45. The van der Waals surface area contributed by atoms with E-state index in [-0.39, 0.29) is 0 Å². The summed E-state index contributed by atoms with van der Waals surface area (Å²) in [6.07, 6.45) is -2.61. The zero-order valence-corrected chi connectivity index (χ0v) is 17.4. The molecule has 0 N–H and O–H groups in total. The van der Waals surface area contributed by atoms with Gasteiger partial charge in [0.2, 0.25) is 6.31 Å². The van der Waals surface area contributed by atoms with Gasteiger partial charge in [-0.2, -0.15) is 0 Å². The first kappa shape index (κ1) is 25.2. The lowest BCUT2D eigenvalue weighted by atomic mass is 9.60. The quantitative estimate of drug-likeness (QED) is 0.172. The van der Waals surface area contributed by atoms with Gasteiger partial charge in [-0.25, -0.2) is 43.9 Å². The highest BCUT2D eigenvalue weighted by Crippen LogP contribution is 2.25. The molecule has 2 rings (SSSR count). The number of rotatable bonds is 6. The fraction of sp³-hybridized carbons (Fsp3) is 0.200. The fourth-order valence-corrected chi connectivity index (χ4v) is 9.21. The molecule has 0 atom stereocenters. The largest absolute Gasteiger partial charge is 0.222 e. The minimum Gasteiger partial charge on any atom is -0.204 e. The molecule has 0 bridgehead atoms. The summed E-state index contributed by atoms with van der Waals surface area (Å²) in [5.74, 6) is -25.4. The van der Waals surface area contributed by atoms with Crippen LogP contribution in [-0.4, -0.2) is 30.8 Å². The maximum Gasteiger partial charge on any atom is 0.222 e. The molecule has 0 nitrogen and oxygen atoms in total. The van der Waals surface area contributed by atoms with Crippen LogP contribution < -0.4 is 10.9 Å². The van der Waals surface area contributed by atoms with Crippen molar-refractivity contribution in [3.63, 3.8) is 0 Å². The predicted molar refractivity (Wildman–Crippen MR) is 95.4 cm³/mol. The second kappa shape index (κ2) is 9.17. The van der Waals surface area contributed by atoms with Gasteiger partial charge in [-0.1, -0.05) is 0 Å². The van der Waals surface area contributed by atoms with E-state index in [1.807, 2.05) is 0 Å². The molecule has 0 saturated carbocycles. The molecular formula is C15H6BCl3F10Si. The van der Waals surface area contributed by atoms with Gasteiger partial charge in [-0.3, -0.25) is 0 Å². The molecule has 30 heavy (non-hydrogen) atoms. The van der Waals surface area contributed by atoms with Crippen LogP contribution in [0.15, 0.2) is 0 Å². The van der Waals surface area contributed by atoms with Gasteiger partial charge in [0.25, 0.3) is 0 Å². The summed E-state index contributed by atoms with van der Waals surface area (Å²) in [7, 11) is -4.16. The Bertz CT molecular complexity index is 866. The van der Waals surface area contributed by atoms with Crippen LogP contribution in [0.5, 0.6) is 0 Å². The van der Waals surface area contributed by atoms with Crippen LogP contribution in [0, 0.1) is 58.2 Å². The van der Waals surface area contributed by atoms with Crippen LogP contribution in [0.4, 0.5) is 43.9 Å². The molecule has 15 heteroatoms. The molecule has 0 saturated heterocycles. The molecule has 2 aromatic carbocycles. The Morgan fingerprint density at radius 3 is 0.833 bits per heavy atom. The van der Waals surface area contributed by atoms with Crippen LogP contribution in [0.3, 0.4) is 0 Å². The smallest absolute Gasteiger partial charge is 0.204 e. The first-order valence-electron chi connectivity index (χ1n) is 7.62. The number of hydrogen-bond donors (Lipinski definition) is 0. The third-order valence-electron chi connectivity index (χ3n) is 4.48. The minimum atomic E-state index is -4.16. The lowest BCUT2D eigenvalue weighted by Crippen LogP contribution is -2.71. The fourth-order valence-electron chi connectivity index (χ4n) is 2.85. The predicted octanol–water partition coefficient (Wildman–Crippen LogP) is 4.55. The lowest BCUT2D eigenvalue weighted by Gasteiger charge is -2.33. The Morgan fingerprint density at radius 2 is 0.633 bits per heavy atom. The number of alkyl halides is 3. The molecule has 0 aromatic heterocycles. The molecule has 0 spiro atoms. The molecule has 2 aromatic rings. The van der Waals surface area contributed by atoms with Crippen LogP contribution in [0.2, 0.25) is 0 Å². The first-order valence-corrected chi connectivity index (χ1v) is 11.9. The summed E-state index contributed by atoms with van der Waals surface area (Å²) in [4.78, 5) is 0. The maximum absolute atomic E-state index is 14.5. The van der Waals surface area contributed by atoms with Gasteiger partial charge in [0.1, 0.15) is 0 Å². The van der Waals surface area contributed by atoms with Crippen molar-refractivity contribution in [2.24, 2.45) is 0 Å². The van der Waals surface area contributed by atoms with Crippen LogP contribution in [-0.2, 0) is 0 Å². The number of benzene rings is 2. The van der Waals surface area contributed by atoms with E-state index < -0.39 is 99.9 Å². The first-order chi connectivity index (χ1) is 13.9. The molecule has 0 aliphatic rings. The molecule has 0 aliphatic heterocycles. The molecule has 0 aliphatic carbocycles. The van der Waals surface area contributed by atoms with Gasteiger partial charge < -0.3 is 0 Å². The second-order valence-corrected chi connectivity index (χ2v) is 12.7. The van der Waals surface area contributed by atoms with E-state index in [9.17, 15) is 43.9 Å². The standard InChI is InChI=1S/C15H6BCl3F10Si/c17-1-30(2-18,3-19)16(4-6(20)10(24)14(28)11(25)7(4)21)5-8(22)12(26)15(29)13(27)9(5)23/h1-3H2. The van der Waals surface area contributed by atoms with Crippen molar-refractivity contribution in [2.75, 3.05) is 16.5 Å². The van der Waals surface area contributed by atoms with Crippen LogP contribution >= 0.6 is 34.8 Å². The summed E-state index contributed by atoms with van der Waals surface area (Å²) in [6, 6.07) is 0. The van der Waals surface area contributed by atoms with Crippen molar-refractivity contribution >= 4 is 60.0 Å². The Hall–Kier alpha value is -1.11. The number of halogens is 13. The van der Waals surface area contributed by atoms with E-state index in [0.29, 0.717) is 0 Å². The monoisotopic (exact) mass is 520 g/mol. The van der Waals surface area contributed by atoms with E-state index in [1.54, 1.807) is 0 Å². The van der Waals surface area contributed by atoms with Crippen molar-refractivity contribution in [1.29, 1.82) is 0 Å².